The van der Waals surface area contributed by atoms with Crippen LogP contribution in [-0.4, -0.2) is 23.6 Å². The molecule has 1 aliphatic rings. The maximum Gasteiger partial charge on any atom is 0.129 e. The maximum absolute atomic E-state index is 4.52. The molecule has 0 spiro atoms. The van der Waals surface area contributed by atoms with Gasteiger partial charge in [-0.15, -0.1) is 0 Å². The number of anilines is 1. The minimum Gasteiger partial charge on any atom is -0.354 e. The second kappa shape index (κ2) is 6.19. The average molecular weight is 247 g/mol. The Labute approximate surface area is 111 Å². The number of pyridine rings is 1. The second-order valence-electron chi connectivity index (χ2n) is 5.22. The molecule has 0 aromatic carbocycles. The molecule has 2 rings (SSSR count). The lowest BCUT2D eigenvalue weighted by Gasteiger charge is -2.28. The Hall–Kier alpha value is -1.09. The molecule has 0 aliphatic heterocycles. The monoisotopic (exact) mass is 247 g/mol. The van der Waals surface area contributed by atoms with Crippen LogP contribution in [0, 0.1) is 0 Å². The Morgan fingerprint density at radius 1 is 1.44 bits per heavy atom. The topological polar surface area (TPSA) is 28.2 Å². The van der Waals surface area contributed by atoms with Gasteiger partial charge in [-0.05, 0) is 50.8 Å². The molecule has 3 heteroatoms. The quantitative estimate of drug-likeness (QED) is 0.803. The summed E-state index contributed by atoms with van der Waals surface area (Å²) in [5.41, 5.74) is 1.34. The maximum atomic E-state index is 4.52. The zero-order valence-electron chi connectivity index (χ0n) is 11.8. The zero-order chi connectivity index (χ0) is 13.0. The van der Waals surface area contributed by atoms with Gasteiger partial charge in [-0.25, -0.2) is 4.98 Å². The second-order valence-corrected chi connectivity index (χ2v) is 5.22. The minimum atomic E-state index is 0.550. The van der Waals surface area contributed by atoms with E-state index in [0.717, 1.165) is 31.4 Å². The van der Waals surface area contributed by atoms with E-state index in [1.54, 1.807) is 0 Å². The lowest BCUT2D eigenvalue weighted by molar-refractivity contribution is 0.621. The molecule has 1 aliphatic carbocycles. The molecule has 0 saturated heterocycles. The van der Waals surface area contributed by atoms with Crippen molar-refractivity contribution in [2.75, 3.05) is 11.4 Å². The highest BCUT2D eigenvalue weighted by Gasteiger charge is 2.20. The van der Waals surface area contributed by atoms with Crippen molar-refractivity contribution in [1.29, 1.82) is 0 Å². The van der Waals surface area contributed by atoms with Crippen LogP contribution in [0.25, 0.3) is 0 Å². The first-order valence-corrected chi connectivity index (χ1v) is 7.19. The van der Waals surface area contributed by atoms with Crippen LogP contribution >= 0.6 is 0 Å². The standard InChI is InChI=1S/C15H25N3/c1-4-12(3)18(5-2)15-10-13(8-9-16-15)11-17-14-6-7-14/h8-10,12,14,17H,4-7,11H2,1-3H3. The molecule has 1 aromatic rings. The fourth-order valence-electron chi connectivity index (χ4n) is 2.20. The molecule has 1 unspecified atom stereocenters. The van der Waals surface area contributed by atoms with Crippen LogP contribution in [0.3, 0.4) is 0 Å². The van der Waals surface area contributed by atoms with Gasteiger partial charge < -0.3 is 10.2 Å². The van der Waals surface area contributed by atoms with Gasteiger partial charge in [-0.1, -0.05) is 6.92 Å². The predicted molar refractivity (Wildman–Crippen MR) is 76.9 cm³/mol. The van der Waals surface area contributed by atoms with E-state index in [9.17, 15) is 0 Å². The molecular formula is C15H25N3. The van der Waals surface area contributed by atoms with Crippen molar-refractivity contribution in [3.63, 3.8) is 0 Å². The highest BCUT2D eigenvalue weighted by atomic mass is 15.2. The SMILES string of the molecule is CCC(C)N(CC)c1cc(CNC2CC2)ccn1. The number of hydrogen-bond donors (Lipinski definition) is 1. The Bertz CT molecular complexity index is 374. The summed E-state index contributed by atoms with van der Waals surface area (Å²) in [5.74, 6) is 1.11. The molecule has 3 nitrogen and oxygen atoms in total. The van der Waals surface area contributed by atoms with Gasteiger partial charge in [0.05, 0.1) is 0 Å². The van der Waals surface area contributed by atoms with Crippen LogP contribution in [0.5, 0.6) is 0 Å². The third-order valence-corrected chi connectivity index (χ3v) is 3.74. The fourth-order valence-corrected chi connectivity index (χ4v) is 2.20. The summed E-state index contributed by atoms with van der Waals surface area (Å²) in [6.45, 7) is 8.68. The molecule has 0 bridgehead atoms. The third-order valence-electron chi connectivity index (χ3n) is 3.74. The molecule has 100 valence electrons. The summed E-state index contributed by atoms with van der Waals surface area (Å²) in [6, 6.07) is 5.65. The number of nitrogens with one attached hydrogen (secondary N) is 1. The van der Waals surface area contributed by atoms with Crippen molar-refractivity contribution in [3.05, 3.63) is 23.9 Å². The van der Waals surface area contributed by atoms with Crippen molar-refractivity contribution in [3.8, 4) is 0 Å². The van der Waals surface area contributed by atoms with Gasteiger partial charge in [-0.2, -0.15) is 0 Å². The van der Waals surface area contributed by atoms with E-state index in [0.29, 0.717) is 6.04 Å². The average Bonchev–Trinajstić information content (AvgIpc) is 3.21. The van der Waals surface area contributed by atoms with E-state index in [4.69, 9.17) is 0 Å². The summed E-state index contributed by atoms with van der Waals surface area (Å²) in [7, 11) is 0. The lowest BCUT2D eigenvalue weighted by atomic mass is 10.2. The van der Waals surface area contributed by atoms with Crippen LogP contribution in [0.15, 0.2) is 18.3 Å². The Balaban J connectivity index is 2.03. The highest BCUT2D eigenvalue weighted by molar-refractivity contribution is 5.41. The van der Waals surface area contributed by atoms with Crippen LogP contribution in [0.4, 0.5) is 5.82 Å². The van der Waals surface area contributed by atoms with Gasteiger partial charge in [0.1, 0.15) is 5.82 Å². The zero-order valence-corrected chi connectivity index (χ0v) is 11.8. The van der Waals surface area contributed by atoms with Gasteiger partial charge in [0, 0.05) is 31.4 Å². The Kier molecular flexibility index (Phi) is 4.59. The summed E-state index contributed by atoms with van der Waals surface area (Å²) >= 11 is 0. The van der Waals surface area contributed by atoms with Crippen LogP contribution in [0.1, 0.15) is 45.6 Å². The molecule has 0 radical (unpaired) electrons. The smallest absolute Gasteiger partial charge is 0.129 e. The van der Waals surface area contributed by atoms with Gasteiger partial charge in [0.25, 0.3) is 0 Å². The van der Waals surface area contributed by atoms with Gasteiger partial charge in [0.2, 0.25) is 0 Å². The van der Waals surface area contributed by atoms with Crippen molar-refractivity contribution in [2.45, 2.75) is 58.7 Å². The van der Waals surface area contributed by atoms with E-state index >= 15 is 0 Å². The fraction of sp³-hybridized carbons (Fsp3) is 0.667. The Morgan fingerprint density at radius 2 is 2.22 bits per heavy atom. The normalized spacial score (nSPS) is 16.6. The van der Waals surface area contributed by atoms with Crippen LogP contribution < -0.4 is 10.2 Å². The molecule has 1 aromatic heterocycles. The van der Waals surface area contributed by atoms with Gasteiger partial charge in [-0.3, -0.25) is 0 Å². The largest absolute Gasteiger partial charge is 0.354 e. The van der Waals surface area contributed by atoms with E-state index in [2.05, 4.69) is 48.1 Å². The third kappa shape index (κ3) is 3.45. The van der Waals surface area contributed by atoms with Crippen molar-refractivity contribution in [1.82, 2.24) is 10.3 Å². The van der Waals surface area contributed by atoms with Gasteiger partial charge >= 0.3 is 0 Å². The van der Waals surface area contributed by atoms with Crippen molar-refractivity contribution in [2.24, 2.45) is 0 Å². The molecular weight excluding hydrogens is 222 g/mol. The van der Waals surface area contributed by atoms with Crippen molar-refractivity contribution >= 4 is 5.82 Å². The molecule has 1 saturated carbocycles. The molecule has 1 atom stereocenters. The molecule has 1 heterocycles. The van der Waals surface area contributed by atoms with E-state index in [1.165, 1.54) is 18.4 Å². The first-order chi connectivity index (χ1) is 8.74. The summed E-state index contributed by atoms with van der Waals surface area (Å²) < 4.78 is 0. The predicted octanol–water partition coefficient (Wildman–Crippen LogP) is 2.96. The number of rotatable bonds is 7. The highest BCUT2D eigenvalue weighted by Crippen LogP contribution is 2.20. The number of nitrogens with zero attached hydrogens (tertiary/aromatic N) is 2. The van der Waals surface area contributed by atoms with Crippen LogP contribution in [0.2, 0.25) is 0 Å². The van der Waals surface area contributed by atoms with Gasteiger partial charge in [0.15, 0.2) is 0 Å². The van der Waals surface area contributed by atoms with Crippen molar-refractivity contribution < 1.29 is 0 Å². The van der Waals surface area contributed by atoms with E-state index in [1.807, 2.05) is 6.20 Å². The van der Waals surface area contributed by atoms with E-state index < -0.39 is 0 Å². The minimum absolute atomic E-state index is 0.550. The number of hydrogen-bond acceptors (Lipinski definition) is 3. The first kappa shape index (κ1) is 13.3. The molecule has 18 heavy (non-hydrogen) atoms. The lowest BCUT2D eigenvalue weighted by Crippen LogP contribution is -2.33. The number of aromatic nitrogens is 1. The summed E-state index contributed by atoms with van der Waals surface area (Å²) in [5, 5.41) is 3.55. The summed E-state index contributed by atoms with van der Waals surface area (Å²) in [6.07, 6.45) is 5.77. The Morgan fingerprint density at radius 3 is 2.83 bits per heavy atom. The van der Waals surface area contributed by atoms with E-state index in [-0.39, 0.29) is 0 Å². The molecule has 0 amide bonds. The first-order valence-electron chi connectivity index (χ1n) is 7.19. The molecule has 1 N–H and O–H groups in total. The molecule has 1 fully saturated rings. The van der Waals surface area contributed by atoms with Crippen LogP contribution in [-0.2, 0) is 6.54 Å². The summed E-state index contributed by atoms with van der Waals surface area (Å²) in [4.78, 5) is 6.90.